The Morgan fingerprint density at radius 1 is 1.29 bits per heavy atom. The normalized spacial score (nSPS) is 10.9. The second kappa shape index (κ2) is 7.99. The summed E-state index contributed by atoms with van der Waals surface area (Å²) in [6.07, 6.45) is -0.113. The highest BCUT2D eigenvalue weighted by Gasteiger charge is 2.07. The molecule has 4 N–H and O–H groups in total. The summed E-state index contributed by atoms with van der Waals surface area (Å²) >= 11 is 0. The Labute approximate surface area is 118 Å². The molecule has 0 aliphatic heterocycles. The van der Waals surface area contributed by atoms with Gasteiger partial charge >= 0.3 is 0 Å². The van der Waals surface area contributed by atoms with Gasteiger partial charge in [-0.3, -0.25) is 0 Å². The lowest BCUT2D eigenvalue weighted by molar-refractivity contribution is 0.219. The van der Waals surface area contributed by atoms with Crippen LogP contribution in [0.4, 0.5) is 0 Å². The van der Waals surface area contributed by atoms with Crippen LogP contribution in [0.2, 0.25) is 0 Å². The van der Waals surface area contributed by atoms with Crippen LogP contribution in [0.3, 0.4) is 0 Å². The van der Waals surface area contributed by atoms with Crippen molar-refractivity contribution in [1.29, 1.82) is 0 Å². The Hall–Kier alpha value is -1.18. The van der Waals surface area contributed by atoms with Gasteiger partial charge in [-0.1, -0.05) is 12.1 Å². The van der Waals surface area contributed by atoms with Crippen molar-refractivity contribution in [2.45, 2.75) is 13.0 Å². The van der Waals surface area contributed by atoms with Crippen molar-refractivity contribution < 1.29 is 9.47 Å². The number of hydrogen-bond acceptors (Lipinski definition) is 3. The minimum Gasteiger partial charge on any atom is -0.493 e. The van der Waals surface area contributed by atoms with Crippen LogP contribution >= 0.6 is 24.0 Å². The van der Waals surface area contributed by atoms with E-state index in [-0.39, 0.29) is 36.0 Å². The van der Waals surface area contributed by atoms with Gasteiger partial charge in [-0.2, -0.15) is 0 Å². The van der Waals surface area contributed by atoms with Crippen LogP contribution in [0, 0.1) is 0 Å². The summed E-state index contributed by atoms with van der Waals surface area (Å²) in [6, 6.07) is 7.44. The first-order chi connectivity index (χ1) is 7.63. The molecule has 1 aromatic rings. The van der Waals surface area contributed by atoms with Gasteiger partial charge in [-0.15, -0.1) is 24.0 Å². The molecule has 1 atom stereocenters. The van der Waals surface area contributed by atoms with Gasteiger partial charge in [0.1, 0.15) is 6.10 Å². The lowest BCUT2D eigenvalue weighted by Crippen LogP contribution is -2.26. The first kappa shape index (κ1) is 15.8. The first-order valence-electron chi connectivity index (χ1n) is 4.98. The van der Waals surface area contributed by atoms with E-state index in [9.17, 15) is 0 Å². The van der Waals surface area contributed by atoms with Crippen LogP contribution in [0.25, 0.3) is 0 Å². The smallest absolute Gasteiger partial charge is 0.186 e. The molecule has 0 aliphatic rings. The zero-order valence-corrected chi connectivity index (χ0v) is 12.3. The fourth-order valence-electron chi connectivity index (χ4n) is 1.20. The second-order valence-electron chi connectivity index (χ2n) is 3.34. The number of para-hydroxylation sites is 2. The van der Waals surface area contributed by atoms with E-state index in [1.54, 1.807) is 7.11 Å². The number of nitrogens with zero attached hydrogens (tertiary/aromatic N) is 1. The maximum Gasteiger partial charge on any atom is 0.186 e. The van der Waals surface area contributed by atoms with E-state index in [2.05, 4.69) is 4.99 Å². The maximum atomic E-state index is 5.64. The highest BCUT2D eigenvalue weighted by atomic mass is 127. The van der Waals surface area contributed by atoms with Crippen molar-refractivity contribution in [3.8, 4) is 11.5 Å². The molecular weight excluding hydrogens is 333 g/mol. The molecule has 0 aliphatic carbocycles. The first-order valence-corrected chi connectivity index (χ1v) is 4.98. The standard InChI is InChI=1S/C11H17N3O2.HI/c1-8(7-14-11(12)13)16-10-6-4-3-5-9(10)15-2;/h3-6,8H,7H2,1-2H3,(H4,12,13,14);1H. The molecule has 1 unspecified atom stereocenters. The molecule has 0 radical (unpaired) electrons. The minimum absolute atomic E-state index is 0. The zero-order chi connectivity index (χ0) is 12.0. The third-order valence-corrected chi connectivity index (χ3v) is 1.93. The van der Waals surface area contributed by atoms with Crippen LogP contribution in [0.5, 0.6) is 11.5 Å². The SMILES string of the molecule is COc1ccccc1OC(C)CN=C(N)N.I. The van der Waals surface area contributed by atoms with Gasteiger partial charge in [0.05, 0.1) is 13.7 Å². The molecule has 0 fully saturated rings. The number of rotatable bonds is 5. The van der Waals surface area contributed by atoms with Gasteiger partial charge in [0.15, 0.2) is 17.5 Å². The van der Waals surface area contributed by atoms with Gasteiger partial charge < -0.3 is 20.9 Å². The molecule has 17 heavy (non-hydrogen) atoms. The number of aliphatic imine (C=N–C) groups is 1. The molecule has 0 spiro atoms. The minimum atomic E-state index is -0.113. The van der Waals surface area contributed by atoms with E-state index in [4.69, 9.17) is 20.9 Å². The summed E-state index contributed by atoms with van der Waals surface area (Å²) in [5.74, 6) is 1.44. The number of hydrogen-bond donors (Lipinski definition) is 2. The number of benzene rings is 1. The van der Waals surface area contributed by atoms with Crippen molar-refractivity contribution in [3.05, 3.63) is 24.3 Å². The molecular formula is C11H18IN3O2. The molecule has 5 nitrogen and oxygen atoms in total. The Bertz CT molecular complexity index is 367. The van der Waals surface area contributed by atoms with E-state index in [1.165, 1.54) is 0 Å². The van der Waals surface area contributed by atoms with Crippen LogP contribution < -0.4 is 20.9 Å². The van der Waals surface area contributed by atoms with Gasteiger partial charge in [0, 0.05) is 0 Å². The third kappa shape index (κ3) is 5.62. The van der Waals surface area contributed by atoms with Crippen molar-refractivity contribution in [1.82, 2.24) is 0 Å². The Kier molecular flexibility index (Phi) is 7.44. The number of nitrogens with two attached hydrogens (primary N) is 2. The average Bonchev–Trinajstić information content (AvgIpc) is 2.27. The van der Waals surface area contributed by atoms with Crippen LogP contribution in [0.15, 0.2) is 29.3 Å². The molecule has 6 heteroatoms. The average molecular weight is 351 g/mol. The summed E-state index contributed by atoms with van der Waals surface area (Å²) < 4.78 is 10.8. The summed E-state index contributed by atoms with van der Waals surface area (Å²) in [7, 11) is 1.60. The number of methoxy groups -OCH3 is 1. The van der Waals surface area contributed by atoms with Gasteiger partial charge in [-0.05, 0) is 19.1 Å². The van der Waals surface area contributed by atoms with Crippen LogP contribution in [0.1, 0.15) is 6.92 Å². The molecule has 0 amide bonds. The van der Waals surface area contributed by atoms with Crippen molar-refractivity contribution in [2.24, 2.45) is 16.5 Å². The predicted molar refractivity (Wildman–Crippen MR) is 79.2 cm³/mol. The monoisotopic (exact) mass is 351 g/mol. The molecule has 1 rings (SSSR count). The van der Waals surface area contributed by atoms with E-state index < -0.39 is 0 Å². The molecule has 0 heterocycles. The second-order valence-corrected chi connectivity index (χ2v) is 3.34. The van der Waals surface area contributed by atoms with E-state index in [0.29, 0.717) is 18.0 Å². The molecule has 0 aromatic heterocycles. The summed E-state index contributed by atoms with van der Waals surface area (Å²) in [5.41, 5.74) is 10.5. The highest BCUT2D eigenvalue weighted by Crippen LogP contribution is 2.26. The van der Waals surface area contributed by atoms with Crippen LogP contribution in [-0.2, 0) is 0 Å². The highest BCUT2D eigenvalue weighted by molar-refractivity contribution is 14.0. The zero-order valence-electron chi connectivity index (χ0n) is 9.92. The Morgan fingerprint density at radius 3 is 2.41 bits per heavy atom. The number of halogens is 1. The molecule has 0 saturated carbocycles. The van der Waals surface area contributed by atoms with Gasteiger partial charge in [-0.25, -0.2) is 4.99 Å². The number of ether oxygens (including phenoxy) is 2. The fraction of sp³-hybridized carbons (Fsp3) is 0.364. The Balaban J connectivity index is 0.00000256. The van der Waals surface area contributed by atoms with Gasteiger partial charge in [0.25, 0.3) is 0 Å². The summed E-state index contributed by atoms with van der Waals surface area (Å²) in [4.78, 5) is 3.88. The quantitative estimate of drug-likeness (QED) is 0.477. The van der Waals surface area contributed by atoms with Gasteiger partial charge in [0.2, 0.25) is 0 Å². The summed E-state index contributed by atoms with van der Waals surface area (Å²) in [6.45, 7) is 2.30. The van der Waals surface area contributed by atoms with E-state index in [0.717, 1.165) is 0 Å². The molecule has 96 valence electrons. The van der Waals surface area contributed by atoms with Crippen molar-refractivity contribution in [2.75, 3.05) is 13.7 Å². The fourth-order valence-corrected chi connectivity index (χ4v) is 1.20. The van der Waals surface area contributed by atoms with Crippen LogP contribution in [-0.4, -0.2) is 25.7 Å². The van der Waals surface area contributed by atoms with E-state index in [1.807, 2.05) is 31.2 Å². The predicted octanol–water partition coefficient (Wildman–Crippen LogP) is 1.35. The Morgan fingerprint density at radius 2 is 1.88 bits per heavy atom. The molecule has 0 bridgehead atoms. The largest absolute Gasteiger partial charge is 0.493 e. The molecule has 0 saturated heterocycles. The van der Waals surface area contributed by atoms with E-state index >= 15 is 0 Å². The maximum absolute atomic E-state index is 5.64. The lowest BCUT2D eigenvalue weighted by Gasteiger charge is -2.15. The number of guanidine groups is 1. The topological polar surface area (TPSA) is 82.9 Å². The third-order valence-electron chi connectivity index (χ3n) is 1.93. The lowest BCUT2D eigenvalue weighted by atomic mass is 10.3. The molecule has 1 aromatic carbocycles. The van der Waals surface area contributed by atoms with Crippen molar-refractivity contribution in [3.63, 3.8) is 0 Å². The summed E-state index contributed by atoms with van der Waals surface area (Å²) in [5, 5.41) is 0. The van der Waals surface area contributed by atoms with Crippen molar-refractivity contribution >= 4 is 29.9 Å².